The molecule has 2 atom stereocenters. The molecule has 2 rings (SSSR count). The second-order valence-electron chi connectivity index (χ2n) is 6.80. The number of benzene rings is 2. The van der Waals surface area contributed by atoms with Gasteiger partial charge in [-0.25, -0.2) is 0 Å². The van der Waals surface area contributed by atoms with Crippen molar-refractivity contribution in [3.05, 3.63) is 71.8 Å². The van der Waals surface area contributed by atoms with Crippen molar-refractivity contribution < 1.29 is 9.59 Å². The Morgan fingerprint density at radius 1 is 0.607 bits per heavy atom. The quantitative estimate of drug-likeness (QED) is 0.651. The van der Waals surface area contributed by atoms with Crippen molar-refractivity contribution in [2.45, 2.75) is 39.5 Å². The van der Waals surface area contributed by atoms with Crippen molar-refractivity contribution in [1.29, 1.82) is 0 Å². The van der Waals surface area contributed by atoms with Crippen LogP contribution in [0.2, 0.25) is 0 Å². The Morgan fingerprint density at radius 2 is 0.893 bits per heavy atom. The first-order valence-corrected chi connectivity index (χ1v) is 10.3. The van der Waals surface area contributed by atoms with Crippen molar-refractivity contribution in [1.82, 2.24) is 9.80 Å². The van der Waals surface area contributed by atoms with Crippen LogP contribution in [-0.4, -0.2) is 47.8 Å². The van der Waals surface area contributed by atoms with E-state index in [1.807, 2.05) is 98.2 Å². The SMILES string of the molecule is CCN(CC)C(=O)C(c1ccccc1)C(C(=O)N(CC)CC)c1ccccc1. The topological polar surface area (TPSA) is 40.6 Å². The number of carbonyl (C=O) groups excluding carboxylic acids is 2. The number of hydrogen-bond acceptors (Lipinski definition) is 2. The highest BCUT2D eigenvalue weighted by Gasteiger charge is 2.39. The monoisotopic (exact) mass is 380 g/mol. The average Bonchev–Trinajstić information content (AvgIpc) is 2.74. The summed E-state index contributed by atoms with van der Waals surface area (Å²) in [6.07, 6.45) is 0. The Bertz CT molecular complexity index is 672. The standard InChI is InChI=1S/C24H32N2O2/c1-5-25(6-2)23(27)21(19-15-11-9-12-16-19)22(20-17-13-10-14-18-20)24(28)26(7-3)8-4/h9-18,21-22H,5-8H2,1-4H3. The maximum absolute atomic E-state index is 13.6. The van der Waals surface area contributed by atoms with Crippen LogP contribution in [0.5, 0.6) is 0 Å². The normalized spacial score (nSPS) is 12.9. The molecule has 0 aliphatic rings. The Kier molecular flexibility index (Phi) is 8.24. The van der Waals surface area contributed by atoms with Crippen LogP contribution in [0, 0.1) is 0 Å². The van der Waals surface area contributed by atoms with E-state index < -0.39 is 11.8 Å². The number of nitrogens with zero attached hydrogens (tertiary/aromatic N) is 2. The maximum Gasteiger partial charge on any atom is 0.231 e. The van der Waals surface area contributed by atoms with E-state index in [2.05, 4.69) is 0 Å². The fraction of sp³-hybridized carbons (Fsp3) is 0.417. The fourth-order valence-electron chi connectivity index (χ4n) is 3.74. The zero-order valence-corrected chi connectivity index (χ0v) is 17.5. The highest BCUT2D eigenvalue weighted by atomic mass is 16.2. The molecule has 4 heteroatoms. The lowest BCUT2D eigenvalue weighted by Gasteiger charge is -2.33. The zero-order valence-electron chi connectivity index (χ0n) is 17.5. The molecule has 0 saturated heterocycles. The first-order chi connectivity index (χ1) is 13.6. The predicted octanol–water partition coefficient (Wildman–Crippen LogP) is 4.29. The van der Waals surface area contributed by atoms with Crippen molar-refractivity contribution >= 4 is 11.8 Å². The van der Waals surface area contributed by atoms with Crippen LogP contribution in [0.15, 0.2) is 60.7 Å². The highest BCUT2D eigenvalue weighted by molar-refractivity contribution is 5.94. The van der Waals surface area contributed by atoms with Gasteiger partial charge in [-0.3, -0.25) is 9.59 Å². The lowest BCUT2D eigenvalue weighted by Crippen LogP contribution is -2.43. The number of likely N-dealkylation sites (N-methyl/N-ethyl adjacent to an activating group) is 2. The summed E-state index contributed by atoms with van der Waals surface area (Å²) < 4.78 is 0. The van der Waals surface area contributed by atoms with E-state index in [0.29, 0.717) is 26.2 Å². The van der Waals surface area contributed by atoms with Gasteiger partial charge in [-0.2, -0.15) is 0 Å². The van der Waals surface area contributed by atoms with Gasteiger partial charge >= 0.3 is 0 Å². The number of amides is 2. The fourth-order valence-corrected chi connectivity index (χ4v) is 3.74. The van der Waals surface area contributed by atoms with E-state index in [4.69, 9.17) is 0 Å². The van der Waals surface area contributed by atoms with Gasteiger partial charge in [0.25, 0.3) is 0 Å². The summed E-state index contributed by atoms with van der Waals surface area (Å²) in [6.45, 7) is 10.4. The summed E-state index contributed by atoms with van der Waals surface area (Å²) in [6, 6.07) is 19.4. The molecule has 0 heterocycles. The van der Waals surface area contributed by atoms with E-state index in [1.54, 1.807) is 0 Å². The molecule has 28 heavy (non-hydrogen) atoms. The van der Waals surface area contributed by atoms with Gasteiger partial charge in [-0.1, -0.05) is 60.7 Å². The molecule has 0 radical (unpaired) electrons. The molecule has 0 N–H and O–H groups in total. The molecule has 0 fully saturated rings. The minimum absolute atomic E-state index is 0.00515. The number of rotatable bonds is 9. The summed E-state index contributed by atoms with van der Waals surface area (Å²) in [5, 5.41) is 0. The van der Waals surface area contributed by atoms with Crippen LogP contribution >= 0.6 is 0 Å². The largest absolute Gasteiger partial charge is 0.343 e. The van der Waals surface area contributed by atoms with Crippen LogP contribution in [0.4, 0.5) is 0 Å². The van der Waals surface area contributed by atoms with E-state index in [0.717, 1.165) is 11.1 Å². The predicted molar refractivity (Wildman–Crippen MR) is 114 cm³/mol. The molecule has 0 saturated carbocycles. The minimum Gasteiger partial charge on any atom is -0.343 e. The maximum atomic E-state index is 13.6. The van der Waals surface area contributed by atoms with E-state index in [-0.39, 0.29) is 11.8 Å². The summed E-state index contributed by atoms with van der Waals surface area (Å²) in [5.41, 5.74) is 1.77. The van der Waals surface area contributed by atoms with Gasteiger partial charge in [0.15, 0.2) is 0 Å². The molecule has 150 valence electrons. The van der Waals surface area contributed by atoms with Gasteiger partial charge in [0.05, 0.1) is 11.8 Å². The van der Waals surface area contributed by atoms with E-state index >= 15 is 0 Å². The molecule has 0 aliphatic carbocycles. The average molecular weight is 381 g/mol. The lowest BCUT2D eigenvalue weighted by molar-refractivity contribution is -0.140. The number of hydrogen-bond donors (Lipinski definition) is 0. The molecular formula is C24H32N2O2. The van der Waals surface area contributed by atoms with Gasteiger partial charge in [-0.05, 0) is 38.8 Å². The third-order valence-electron chi connectivity index (χ3n) is 5.33. The highest BCUT2D eigenvalue weighted by Crippen LogP contribution is 2.36. The summed E-state index contributed by atoms with van der Waals surface area (Å²) in [7, 11) is 0. The molecule has 2 unspecified atom stereocenters. The summed E-state index contributed by atoms with van der Waals surface area (Å²) in [5.74, 6) is -1.08. The molecule has 2 aromatic carbocycles. The number of carbonyl (C=O) groups is 2. The molecular weight excluding hydrogens is 348 g/mol. The third kappa shape index (κ3) is 4.80. The molecule has 0 bridgehead atoms. The van der Waals surface area contributed by atoms with Crippen LogP contribution in [0.25, 0.3) is 0 Å². The van der Waals surface area contributed by atoms with Crippen LogP contribution in [0.1, 0.15) is 50.7 Å². The second-order valence-corrected chi connectivity index (χ2v) is 6.80. The summed E-state index contributed by atoms with van der Waals surface area (Å²) in [4.78, 5) is 30.8. The molecule has 0 spiro atoms. The molecule has 2 aromatic rings. The Morgan fingerprint density at radius 3 is 1.14 bits per heavy atom. The van der Waals surface area contributed by atoms with Gasteiger partial charge in [0.1, 0.15) is 0 Å². The van der Waals surface area contributed by atoms with E-state index in [9.17, 15) is 9.59 Å². The molecule has 4 nitrogen and oxygen atoms in total. The van der Waals surface area contributed by atoms with Gasteiger partial charge in [-0.15, -0.1) is 0 Å². The van der Waals surface area contributed by atoms with Crippen LogP contribution in [0.3, 0.4) is 0 Å². The second kappa shape index (κ2) is 10.6. The Balaban J connectivity index is 2.64. The van der Waals surface area contributed by atoms with Gasteiger partial charge in [0.2, 0.25) is 11.8 Å². The van der Waals surface area contributed by atoms with Crippen molar-refractivity contribution in [2.75, 3.05) is 26.2 Å². The molecule has 0 aromatic heterocycles. The van der Waals surface area contributed by atoms with Crippen molar-refractivity contribution in [3.8, 4) is 0 Å². The minimum atomic E-state index is -0.545. The zero-order chi connectivity index (χ0) is 20.5. The van der Waals surface area contributed by atoms with E-state index in [1.165, 1.54) is 0 Å². The van der Waals surface area contributed by atoms with Gasteiger partial charge < -0.3 is 9.80 Å². The smallest absolute Gasteiger partial charge is 0.231 e. The molecule has 2 amide bonds. The Labute approximate surface area is 169 Å². The third-order valence-corrected chi connectivity index (χ3v) is 5.33. The summed E-state index contributed by atoms with van der Waals surface area (Å²) >= 11 is 0. The first-order valence-electron chi connectivity index (χ1n) is 10.3. The molecule has 0 aliphatic heterocycles. The lowest BCUT2D eigenvalue weighted by atomic mass is 9.79. The first kappa shape index (κ1) is 21.7. The Hall–Kier alpha value is -2.62. The van der Waals surface area contributed by atoms with Crippen molar-refractivity contribution in [3.63, 3.8) is 0 Å². The van der Waals surface area contributed by atoms with Gasteiger partial charge in [0, 0.05) is 26.2 Å². The van der Waals surface area contributed by atoms with Crippen molar-refractivity contribution in [2.24, 2.45) is 0 Å². The van der Waals surface area contributed by atoms with Crippen LogP contribution in [-0.2, 0) is 9.59 Å². The van der Waals surface area contributed by atoms with Crippen LogP contribution < -0.4 is 0 Å².